The van der Waals surface area contributed by atoms with Crippen LogP contribution in [0.2, 0.25) is 0 Å². The zero-order chi connectivity index (χ0) is 10.8. The van der Waals surface area contributed by atoms with Crippen LogP contribution < -0.4 is 5.73 Å². The Kier molecular flexibility index (Phi) is 2.33. The minimum Gasteiger partial charge on any atom is -0.381 e. The highest BCUT2D eigenvalue weighted by molar-refractivity contribution is 5.60. The third kappa shape index (κ3) is 1.93. The van der Waals surface area contributed by atoms with Crippen molar-refractivity contribution in [3.63, 3.8) is 0 Å². The average Bonchev–Trinajstić information content (AvgIpc) is 2.23. The highest BCUT2D eigenvalue weighted by Crippen LogP contribution is 2.19. The van der Waals surface area contributed by atoms with Gasteiger partial charge >= 0.3 is 0 Å². The number of nitrogen functional groups attached to an aromatic ring is 1. The first-order valence-corrected chi connectivity index (χ1v) is 4.35. The molecule has 0 aliphatic rings. The Balaban J connectivity index is 2.45. The van der Waals surface area contributed by atoms with Gasteiger partial charge in [-0.15, -0.1) is 0 Å². The van der Waals surface area contributed by atoms with Gasteiger partial charge in [-0.05, 0) is 36.4 Å². The van der Waals surface area contributed by atoms with Gasteiger partial charge in [-0.25, -0.2) is 13.8 Å². The maximum absolute atomic E-state index is 12.8. The SMILES string of the molecule is Nc1nc(-c2ccc(F)cc2)ccc1F. The van der Waals surface area contributed by atoms with Crippen LogP contribution in [0.1, 0.15) is 0 Å². The normalized spacial score (nSPS) is 10.3. The molecule has 0 fully saturated rings. The van der Waals surface area contributed by atoms with Gasteiger partial charge in [-0.1, -0.05) is 0 Å². The molecule has 15 heavy (non-hydrogen) atoms. The fourth-order valence-corrected chi connectivity index (χ4v) is 1.24. The number of aromatic nitrogens is 1. The summed E-state index contributed by atoms with van der Waals surface area (Å²) < 4.78 is 25.5. The molecule has 0 bridgehead atoms. The lowest BCUT2D eigenvalue weighted by atomic mass is 10.1. The van der Waals surface area contributed by atoms with E-state index in [1.807, 2.05) is 0 Å². The third-order valence-corrected chi connectivity index (χ3v) is 2.01. The number of hydrogen-bond donors (Lipinski definition) is 1. The summed E-state index contributed by atoms with van der Waals surface area (Å²) in [4.78, 5) is 3.85. The lowest BCUT2D eigenvalue weighted by molar-refractivity contribution is 0.626. The van der Waals surface area contributed by atoms with Crippen LogP contribution in [0.4, 0.5) is 14.6 Å². The standard InChI is InChI=1S/C11H8F2N2/c12-8-3-1-7(2-4-8)10-6-5-9(13)11(14)15-10/h1-6H,(H2,14,15). The number of benzene rings is 1. The van der Waals surface area contributed by atoms with Crippen LogP contribution in [0.25, 0.3) is 11.3 Å². The van der Waals surface area contributed by atoms with E-state index in [0.717, 1.165) is 0 Å². The summed E-state index contributed by atoms with van der Waals surface area (Å²) in [6, 6.07) is 8.50. The molecule has 0 saturated carbocycles. The molecule has 76 valence electrons. The minimum atomic E-state index is -0.555. The van der Waals surface area contributed by atoms with Crippen LogP contribution >= 0.6 is 0 Å². The third-order valence-electron chi connectivity index (χ3n) is 2.01. The first-order valence-electron chi connectivity index (χ1n) is 4.35. The summed E-state index contributed by atoms with van der Waals surface area (Å²) in [5, 5.41) is 0. The van der Waals surface area contributed by atoms with Crippen molar-refractivity contribution < 1.29 is 8.78 Å². The van der Waals surface area contributed by atoms with E-state index in [0.29, 0.717) is 11.3 Å². The van der Waals surface area contributed by atoms with Gasteiger partial charge in [0.05, 0.1) is 5.69 Å². The summed E-state index contributed by atoms with van der Waals surface area (Å²) in [7, 11) is 0. The molecule has 0 atom stereocenters. The maximum atomic E-state index is 12.8. The molecular formula is C11H8F2N2. The second-order valence-corrected chi connectivity index (χ2v) is 3.07. The van der Waals surface area contributed by atoms with Crippen molar-refractivity contribution in [2.45, 2.75) is 0 Å². The maximum Gasteiger partial charge on any atom is 0.165 e. The molecule has 0 saturated heterocycles. The molecule has 0 unspecified atom stereocenters. The molecule has 0 aliphatic heterocycles. The Labute approximate surface area is 85.4 Å². The van der Waals surface area contributed by atoms with E-state index in [-0.39, 0.29) is 11.6 Å². The number of nitrogens with two attached hydrogens (primary N) is 1. The topological polar surface area (TPSA) is 38.9 Å². The smallest absolute Gasteiger partial charge is 0.165 e. The Bertz CT molecular complexity index is 480. The molecule has 1 aromatic heterocycles. The van der Waals surface area contributed by atoms with Crippen molar-refractivity contribution in [2.24, 2.45) is 0 Å². The van der Waals surface area contributed by atoms with Crippen molar-refractivity contribution in [1.29, 1.82) is 0 Å². The molecule has 2 rings (SSSR count). The summed E-state index contributed by atoms with van der Waals surface area (Å²) >= 11 is 0. The van der Waals surface area contributed by atoms with Gasteiger partial charge in [0.15, 0.2) is 11.6 Å². The van der Waals surface area contributed by atoms with Gasteiger partial charge in [0.2, 0.25) is 0 Å². The summed E-state index contributed by atoms with van der Waals surface area (Å²) in [5.74, 6) is -1.04. The molecule has 0 radical (unpaired) electrons. The number of rotatable bonds is 1. The molecule has 0 amide bonds. The second kappa shape index (κ2) is 3.65. The lowest BCUT2D eigenvalue weighted by Gasteiger charge is -2.02. The lowest BCUT2D eigenvalue weighted by Crippen LogP contribution is -1.96. The summed E-state index contributed by atoms with van der Waals surface area (Å²) in [6.07, 6.45) is 0. The molecule has 2 nitrogen and oxygen atoms in total. The monoisotopic (exact) mass is 206 g/mol. The van der Waals surface area contributed by atoms with E-state index in [9.17, 15) is 8.78 Å². The zero-order valence-corrected chi connectivity index (χ0v) is 7.74. The molecule has 1 aromatic carbocycles. The number of nitrogens with zero attached hydrogens (tertiary/aromatic N) is 1. The first-order chi connectivity index (χ1) is 7.16. The van der Waals surface area contributed by atoms with Gasteiger partial charge in [-0.2, -0.15) is 0 Å². The van der Waals surface area contributed by atoms with Crippen LogP contribution in [0, 0.1) is 11.6 Å². The molecule has 0 spiro atoms. The minimum absolute atomic E-state index is 0.156. The van der Waals surface area contributed by atoms with Crippen LogP contribution in [-0.2, 0) is 0 Å². The predicted molar refractivity (Wildman–Crippen MR) is 54.0 cm³/mol. The number of pyridine rings is 1. The Morgan fingerprint density at radius 1 is 0.933 bits per heavy atom. The van der Waals surface area contributed by atoms with E-state index < -0.39 is 5.82 Å². The second-order valence-electron chi connectivity index (χ2n) is 3.07. The van der Waals surface area contributed by atoms with E-state index >= 15 is 0 Å². The van der Waals surface area contributed by atoms with Crippen LogP contribution in [-0.4, -0.2) is 4.98 Å². The fraction of sp³-hybridized carbons (Fsp3) is 0. The van der Waals surface area contributed by atoms with Crippen molar-refractivity contribution in [3.05, 3.63) is 48.0 Å². The molecule has 0 aliphatic carbocycles. The highest BCUT2D eigenvalue weighted by atomic mass is 19.1. The Morgan fingerprint density at radius 2 is 1.60 bits per heavy atom. The van der Waals surface area contributed by atoms with Gasteiger partial charge in [0.1, 0.15) is 5.82 Å². The van der Waals surface area contributed by atoms with E-state index in [4.69, 9.17) is 5.73 Å². The molecule has 1 heterocycles. The van der Waals surface area contributed by atoms with Crippen LogP contribution in [0.5, 0.6) is 0 Å². The van der Waals surface area contributed by atoms with Crippen molar-refractivity contribution in [1.82, 2.24) is 4.98 Å². The average molecular weight is 206 g/mol. The van der Waals surface area contributed by atoms with E-state index in [2.05, 4.69) is 4.98 Å². The first kappa shape index (κ1) is 9.58. The number of hydrogen-bond acceptors (Lipinski definition) is 2. The Morgan fingerprint density at radius 3 is 2.20 bits per heavy atom. The highest BCUT2D eigenvalue weighted by Gasteiger charge is 2.03. The largest absolute Gasteiger partial charge is 0.381 e. The summed E-state index contributed by atoms with van der Waals surface area (Å²) in [5.41, 5.74) is 6.55. The molecule has 4 heteroatoms. The van der Waals surface area contributed by atoms with Gasteiger partial charge in [0.25, 0.3) is 0 Å². The van der Waals surface area contributed by atoms with E-state index in [1.165, 1.54) is 24.3 Å². The van der Waals surface area contributed by atoms with Crippen LogP contribution in [0.15, 0.2) is 36.4 Å². The van der Waals surface area contributed by atoms with Gasteiger partial charge in [0, 0.05) is 5.56 Å². The van der Waals surface area contributed by atoms with Crippen LogP contribution in [0.3, 0.4) is 0 Å². The molecule has 2 N–H and O–H groups in total. The summed E-state index contributed by atoms with van der Waals surface area (Å²) in [6.45, 7) is 0. The number of anilines is 1. The van der Waals surface area contributed by atoms with E-state index in [1.54, 1.807) is 12.1 Å². The van der Waals surface area contributed by atoms with Crippen molar-refractivity contribution in [3.8, 4) is 11.3 Å². The van der Waals surface area contributed by atoms with Crippen molar-refractivity contribution in [2.75, 3.05) is 5.73 Å². The number of halogens is 2. The van der Waals surface area contributed by atoms with Gasteiger partial charge < -0.3 is 5.73 Å². The molecule has 2 aromatic rings. The van der Waals surface area contributed by atoms with Crippen molar-refractivity contribution >= 4 is 5.82 Å². The Hall–Kier alpha value is -1.97. The predicted octanol–water partition coefficient (Wildman–Crippen LogP) is 2.61. The molecular weight excluding hydrogens is 198 g/mol. The fourth-order valence-electron chi connectivity index (χ4n) is 1.24. The zero-order valence-electron chi connectivity index (χ0n) is 7.74. The quantitative estimate of drug-likeness (QED) is 0.778. The van der Waals surface area contributed by atoms with Gasteiger partial charge in [-0.3, -0.25) is 0 Å².